The molecular formula is C18H27N3O4. The van der Waals surface area contributed by atoms with Crippen molar-refractivity contribution in [1.82, 2.24) is 10.2 Å². The third-order valence-electron chi connectivity index (χ3n) is 5.39. The van der Waals surface area contributed by atoms with Crippen LogP contribution in [0, 0.1) is 23.2 Å². The van der Waals surface area contributed by atoms with Gasteiger partial charge < -0.3 is 15.0 Å². The lowest BCUT2D eigenvalue weighted by atomic mass is 9.90. The van der Waals surface area contributed by atoms with Crippen LogP contribution in [0.4, 0.5) is 0 Å². The molecule has 0 aromatic rings. The minimum atomic E-state index is -1.01. The first kappa shape index (κ1) is 19.2. The van der Waals surface area contributed by atoms with Crippen LogP contribution >= 0.6 is 0 Å². The van der Waals surface area contributed by atoms with E-state index in [0.29, 0.717) is 6.54 Å². The zero-order valence-electron chi connectivity index (χ0n) is 15.2. The summed E-state index contributed by atoms with van der Waals surface area (Å²) in [5, 5.41) is 11.8. The van der Waals surface area contributed by atoms with E-state index in [0.717, 1.165) is 25.7 Å². The van der Waals surface area contributed by atoms with E-state index < -0.39 is 29.9 Å². The highest BCUT2D eigenvalue weighted by Gasteiger charge is 2.39. The van der Waals surface area contributed by atoms with Gasteiger partial charge in [-0.05, 0) is 25.7 Å². The van der Waals surface area contributed by atoms with E-state index in [9.17, 15) is 19.6 Å². The molecular weight excluding hydrogens is 322 g/mol. The van der Waals surface area contributed by atoms with Crippen molar-refractivity contribution in [2.24, 2.45) is 11.8 Å². The number of amides is 2. The van der Waals surface area contributed by atoms with Crippen LogP contribution < -0.4 is 5.32 Å². The zero-order chi connectivity index (χ0) is 18.6. The fourth-order valence-corrected chi connectivity index (χ4v) is 3.34. The first-order chi connectivity index (χ1) is 11.8. The molecule has 2 amide bonds. The molecule has 0 unspecified atom stereocenters. The molecule has 0 aromatic heterocycles. The Hall–Kier alpha value is -2.10. The molecule has 2 rings (SSSR count). The second-order valence-corrected chi connectivity index (χ2v) is 7.51. The Balaban J connectivity index is 1.81. The molecule has 0 spiro atoms. The standard InChI is InChI=1S/C18H27N3O4/c1-12(2)18(3,11-19)20-15(22)10-25-17(24)13-8-16(23)21(9-13)14-6-4-5-7-14/h12-14H,4-10H2,1-3H3,(H,20,22)/t13-,18+/m1/s1. The summed E-state index contributed by atoms with van der Waals surface area (Å²) in [6, 6.07) is 2.32. The summed E-state index contributed by atoms with van der Waals surface area (Å²) in [4.78, 5) is 38.1. The van der Waals surface area contributed by atoms with Crippen LogP contribution in [0.1, 0.15) is 52.9 Å². The highest BCUT2D eigenvalue weighted by Crippen LogP contribution is 2.29. The van der Waals surface area contributed by atoms with Gasteiger partial charge in [0.2, 0.25) is 5.91 Å². The lowest BCUT2D eigenvalue weighted by Gasteiger charge is -2.27. The number of ether oxygens (including phenoxy) is 1. The highest BCUT2D eigenvalue weighted by atomic mass is 16.5. The van der Waals surface area contributed by atoms with Gasteiger partial charge in [0, 0.05) is 19.0 Å². The van der Waals surface area contributed by atoms with Crippen molar-refractivity contribution in [3.05, 3.63) is 0 Å². The molecule has 2 fully saturated rings. The van der Waals surface area contributed by atoms with Gasteiger partial charge in [-0.15, -0.1) is 0 Å². The minimum absolute atomic E-state index is 0.00448. The Bertz CT molecular complexity index is 577. The number of nitriles is 1. The Morgan fingerprint density at radius 2 is 2.04 bits per heavy atom. The molecule has 1 aliphatic carbocycles. The molecule has 25 heavy (non-hydrogen) atoms. The van der Waals surface area contributed by atoms with Crippen molar-refractivity contribution in [3.63, 3.8) is 0 Å². The van der Waals surface area contributed by atoms with Gasteiger partial charge >= 0.3 is 5.97 Å². The van der Waals surface area contributed by atoms with Crippen LogP contribution in [0.3, 0.4) is 0 Å². The molecule has 1 aliphatic heterocycles. The van der Waals surface area contributed by atoms with Crippen molar-refractivity contribution in [2.45, 2.75) is 64.5 Å². The van der Waals surface area contributed by atoms with Crippen molar-refractivity contribution < 1.29 is 19.1 Å². The number of esters is 1. The van der Waals surface area contributed by atoms with Crippen LogP contribution in [0.5, 0.6) is 0 Å². The monoisotopic (exact) mass is 349 g/mol. The van der Waals surface area contributed by atoms with Crippen LogP contribution in [-0.4, -0.2) is 47.4 Å². The lowest BCUT2D eigenvalue weighted by Crippen LogP contribution is -2.50. The molecule has 2 aliphatic rings. The molecule has 2 atom stereocenters. The molecule has 138 valence electrons. The third kappa shape index (κ3) is 4.50. The average Bonchev–Trinajstić information content (AvgIpc) is 3.21. The van der Waals surface area contributed by atoms with Crippen molar-refractivity contribution in [3.8, 4) is 6.07 Å². The van der Waals surface area contributed by atoms with Crippen molar-refractivity contribution >= 4 is 17.8 Å². The predicted octanol–water partition coefficient (Wildman–Crippen LogP) is 1.38. The van der Waals surface area contributed by atoms with Crippen LogP contribution in [0.15, 0.2) is 0 Å². The molecule has 0 bridgehead atoms. The van der Waals surface area contributed by atoms with E-state index in [1.807, 2.05) is 13.8 Å². The number of carbonyl (C=O) groups excluding carboxylic acids is 3. The SMILES string of the molecule is CC(C)[C@](C)(C#N)NC(=O)COC(=O)[C@@H]1CC(=O)N(C2CCCC2)C1. The van der Waals surface area contributed by atoms with Gasteiger partial charge in [0.05, 0.1) is 12.0 Å². The van der Waals surface area contributed by atoms with Crippen LogP contribution in [0.2, 0.25) is 0 Å². The van der Waals surface area contributed by atoms with Crippen LogP contribution in [-0.2, 0) is 19.1 Å². The number of hydrogen-bond acceptors (Lipinski definition) is 5. The van der Waals surface area contributed by atoms with Gasteiger partial charge in [-0.25, -0.2) is 0 Å². The molecule has 7 heteroatoms. The summed E-state index contributed by atoms with van der Waals surface area (Å²) in [7, 11) is 0. The van der Waals surface area contributed by atoms with E-state index >= 15 is 0 Å². The van der Waals surface area contributed by atoms with Gasteiger partial charge in [-0.1, -0.05) is 26.7 Å². The average molecular weight is 349 g/mol. The van der Waals surface area contributed by atoms with E-state index in [2.05, 4.69) is 11.4 Å². The van der Waals surface area contributed by atoms with E-state index in [4.69, 9.17) is 4.74 Å². The summed E-state index contributed by atoms with van der Waals surface area (Å²) in [6.45, 7) is 5.24. The summed E-state index contributed by atoms with van der Waals surface area (Å²) in [5.74, 6) is -1.62. The molecule has 1 saturated carbocycles. The molecule has 7 nitrogen and oxygen atoms in total. The molecule has 0 aromatic carbocycles. The summed E-state index contributed by atoms with van der Waals surface area (Å²) >= 11 is 0. The smallest absolute Gasteiger partial charge is 0.311 e. The lowest BCUT2D eigenvalue weighted by molar-refractivity contribution is -0.152. The van der Waals surface area contributed by atoms with Crippen molar-refractivity contribution in [2.75, 3.05) is 13.2 Å². The van der Waals surface area contributed by atoms with E-state index in [-0.39, 0.29) is 24.3 Å². The molecule has 1 heterocycles. The summed E-state index contributed by atoms with van der Waals surface area (Å²) < 4.78 is 5.08. The van der Waals surface area contributed by atoms with E-state index in [1.165, 1.54) is 0 Å². The first-order valence-corrected chi connectivity index (χ1v) is 8.95. The number of nitrogens with zero attached hydrogens (tertiary/aromatic N) is 2. The maximum absolute atomic E-state index is 12.2. The Labute approximate surface area is 148 Å². The Morgan fingerprint density at radius 3 is 2.60 bits per heavy atom. The zero-order valence-corrected chi connectivity index (χ0v) is 15.2. The molecule has 1 N–H and O–H groups in total. The Morgan fingerprint density at radius 1 is 1.40 bits per heavy atom. The normalized spacial score (nSPS) is 23.4. The quantitative estimate of drug-likeness (QED) is 0.730. The van der Waals surface area contributed by atoms with Gasteiger partial charge in [0.25, 0.3) is 5.91 Å². The number of carbonyl (C=O) groups is 3. The van der Waals surface area contributed by atoms with Gasteiger partial charge in [-0.3, -0.25) is 14.4 Å². The largest absolute Gasteiger partial charge is 0.455 e. The van der Waals surface area contributed by atoms with Crippen LogP contribution in [0.25, 0.3) is 0 Å². The summed E-state index contributed by atoms with van der Waals surface area (Å²) in [5.41, 5.74) is -1.01. The number of likely N-dealkylation sites (tertiary alicyclic amines) is 1. The fraction of sp³-hybridized carbons (Fsp3) is 0.778. The molecule has 0 radical (unpaired) electrons. The molecule has 1 saturated heterocycles. The summed E-state index contributed by atoms with van der Waals surface area (Å²) in [6.07, 6.45) is 4.39. The fourth-order valence-electron chi connectivity index (χ4n) is 3.34. The van der Waals surface area contributed by atoms with E-state index in [1.54, 1.807) is 11.8 Å². The van der Waals surface area contributed by atoms with Gasteiger partial charge in [0.1, 0.15) is 5.54 Å². The highest BCUT2D eigenvalue weighted by molar-refractivity contribution is 5.88. The third-order valence-corrected chi connectivity index (χ3v) is 5.39. The second kappa shape index (κ2) is 7.85. The first-order valence-electron chi connectivity index (χ1n) is 8.95. The number of nitrogens with one attached hydrogen (secondary N) is 1. The van der Waals surface area contributed by atoms with Gasteiger partial charge in [0.15, 0.2) is 6.61 Å². The second-order valence-electron chi connectivity index (χ2n) is 7.51. The Kier molecular flexibility index (Phi) is 6.04. The van der Waals surface area contributed by atoms with Crippen molar-refractivity contribution in [1.29, 1.82) is 5.26 Å². The predicted molar refractivity (Wildman–Crippen MR) is 90.0 cm³/mol. The minimum Gasteiger partial charge on any atom is -0.455 e. The number of rotatable bonds is 6. The maximum Gasteiger partial charge on any atom is 0.311 e. The maximum atomic E-state index is 12.2. The topological polar surface area (TPSA) is 99.5 Å². The van der Waals surface area contributed by atoms with Gasteiger partial charge in [-0.2, -0.15) is 5.26 Å². The number of hydrogen-bond donors (Lipinski definition) is 1.